The van der Waals surface area contributed by atoms with E-state index in [0.717, 1.165) is 0 Å². The van der Waals surface area contributed by atoms with E-state index in [9.17, 15) is 18.0 Å². The first-order chi connectivity index (χ1) is 14.8. The van der Waals surface area contributed by atoms with E-state index in [0.29, 0.717) is 30.8 Å². The first kappa shape index (κ1) is 22.6. The van der Waals surface area contributed by atoms with Crippen molar-refractivity contribution < 1.29 is 27.5 Å². The number of carbonyl (C=O) groups excluding carboxylic acids is 2. The van der Waals surface area contributed by atoms with Gasteiger partial charge in [0.1, 0.15) is 22.4 Å². The van der Waals surface area contributed by atoms with Crippen LogP contribution < -0.4 is 19.5 Å². The molecule has 1 aliphatic rings. The van der Waals surface area contributed by atoms with Crippen molar-refractivity contribution in [2.24, 2.45) is 0 Å². The molecule has 1 heterocycles. The molecule has 1 fully saturated rings. The molecule has 3 rings (SSSR count). The largest absolute Gasteiger partial charge is 0.497 e. The van der Waals surface area contributed by atoms with Crippen LogP contribution in [0.1, 0.15) is 23.2 Å². The minimum Gasteiger partial charge on any atom is -0.497 e. The first-order valence-electron chi connectivity index (χ1n) is 9.68. The molecule has 0 spiro atoms. The van der Waals surface area contributed by atoms with E-state index in [4.69, 9.17) is 9.47 Å². The third kappa shape index (κ3) is 4.80. The number of hydrogen-bond donors (Lipinski definition) is 2. The van der Waals surface area contributed by atoms with Gasteiger partial charge in [-0.05, 0) is 62.4 Å². The molecule has 0 aromatic heterocycles. The van der Waals surface area contributed by atoms with Gasteiger partial charge in [-0.15, -0.1) is 0 Å². The Labute approximate surface area is 181 Å². The van der Waals surface area contributed by atoms with Gasteiger partial charge in [0.05, 0.1) is 14.2 Å². The molecule has 2 N–H and O–H groups in total. The van der Waals surface area contributed by atoms with Gasteiger partial charge < -0.3 is 19.7 Å². The molecular formula is C21H25N3O6S. The number of rotatable bonds is 7. The van der Waals surface area contributed by atoms with Crippen LogP contribution in [0.25, 0.3) is 0 Å². The maximum absolute atomic E-state index is 13.1. The fourth-order valence-corrected chi connectivity index (χ4v) is 4.40. The number of benzene rings is 2. The van der Waals surface area contributed by atoms with Gasteiger partial charge in [0.25, 0.3) is 5.91 Å². The summed E-state index contributed by atoms with van der Waals surface area (Å²) < 4.78 is 37.1. The van der Waals surface area contributed by atoms with Crippen LogP contribution in [-0.4, -0.2) is 59.0 Å². The fourth-order valence-electron chi connectivity index (χ4n) is 3.48. The predicted octanol–water partition coefficient (Wildman–Crippen LogP) is 1.86. The lowest BCUT2D eigenvalue weighted by molar-refractivity contribution is -0.119. The second kappa shape index (κ2) is 9.36. The van der Waals surface area contributed by atoms with Crippen LogP contribution in [0.2, 0.25) is 0 Å². The van der Waals surface area contributed by atoms with E-state index in [2.05, 4.69) is 10.0 Å². The normalized spacial score (nSPS) is 16.1. The third-order valence-electron chi connectivity index (χ3n) is 5.14. The number of hydrogen-bond acceptors (Lipinski definition) is 6. The average Bonchev–Trinajstić information content (AvgIpc) is 3.28. The Morgan fingerprint density at radius 1 is 1.06 bits per heavy atom. The quantitative estimate of drug-likeness (QED) is 0.670. The maximum Gasteiger partial charge on any atom is 0.254 e. The number of sulfonamides is 1. The minimum atomic E-state index is -3.83. The van der Waals surface area contributed by atoms with Crippen LogP contribution in [0.5, 0.6) is 11.5 Å². The van der Waals surface area contributed by atoms with Crippen molar-refractivity contribution in [1.82, 2.24) is 9.62 Å². The highest BCUT2D eigenvalue weighted by Crippen LogP contribution is 2.28. The number of nitrogens with one attached hydrogen (secondary N) is 2. The zero-order valence-electron chi connectivity index (χ0n) is 17.5. The van der Waals surface area contributed by atoms with Gasteiger partial charge >= 0.3 is 0 Å². The number of nitrogens with zero attached hydrogens (tertiary/aromatic N) is 1. The molecule has 166 valence electrons. The van der Waals surface area contributed by atoms with E-state index >= 15 is 0 Å². The molecule has 0 radical (unpaired) electrons. The Morgan fingerprint density at radius 2 is 1.77 bits per heavy atom. The summed E-state index contributed by atoms with van der Waals surface area (Å²) >= 11 is 0. The molecular weight excluding hydrogens is 422 g/mol. The molecule has 31 heavy (non-hydrogen) atoms. The third-order valence-corrected chi connectivity index (χ3v) is 6.58. The van der Waals surface area contributed by atoms with Crippen molar-refractivity contribution in [3.63, 3.8) is 0 Å². The van der Waals surface area contributed by atoms with Gasteiger partial charge in [0, 0.05) is 17.8 Å². The standard InChI is InChI=1S/C21H25N3O6S/c1-22-31(27,28)19-13-14(6-11-18(19)30-3)21(26)24-12-4-5-17(24)20(25)23-15-7-9-16(29-2)10-8-15/h6-11,13,17,22H,4-5,12H2,1-3H3,(H,23,25). The highest BCUT2D eigenvalue weighted by atomic mass is 32.2. The SMILES string of the molecule is CNS(=O)(=O)c1cc(C(=O)N2CCCC2C(=O)Nc2ccc(OC)cc2)ccc1OC. The summed E-state index contributed by atoms with van der Waals surface area (Å²) in [6.07, 6.45) is 1.19. The molecule has 1 unspecified atom stereocenters. The summed E-state index contributed by atoms with van der Waals surface area (Å²) in [5.41, 5.74) is 0.760. The Bertz CT molecular complexity index is 1070. The van der Waals surface area contributed by atoms with Gasteiger partial charge in [0.15, 0.2) is 0 Å². The predicted molar refractivity (Wildman–Crippen MR) is 115 cm³/mol. The molecule has 0 aliphatic carbocycles. The summed E-state index contributed by atoms with van der Waals surface area (Å²) in [5, 5.41) is 2.82. The molecule has 1 aliphatic heterocycles. The van der Waals surface area contributed by atoms with E-state index in [1.54, 1.807) is 31.4 Å². The number of amides is 2. The molecule has 1 atom stereocenters. The Morgan fingerprint density at radius 3 is 2.39 bits per heavy atom. The van der Waals surface area contributed by atoms with Gasteiger partial charge in [-0.25, -0.2) is 13.1 Å². The van der Waals surface area contributed by atoms with Crippen molar-refractivity contribution in [2.75, 3.05) is 33.1 Å². The fraction of sp³-hybridized carbons (Fsp3) is 0.333. The van der Waals surface area contributed by atoms with Crippen LogP contribution in [0.3, 0.4) is 0 Å². The highest BCUT2D eigenvalue weighted by molar-refractivity contribution is 7.89. The molecule has 1 saturated heterocycles. The summed E-state index contributed by atoms with van der Waals surface area (Å²) in [4.78, 5) is 27.3. The van der Waals surface area contributed by atoms with Crippen molar-refractivity contribution in [3.05, 3.63) is 48.0 Å². The van der Waals surface area contributed by atoms with E-state index in [1.165, 1.54) is 37.3 Å². The van der Waals surface area contributed by atoms with E-state index < -0.39 is 22.0 Å². The Hall–Kier alpha value is -3.11. The minimum absolute atomic E-state index is 0.126. The van der Waals surface area contributed by atoms with Crippen LogP contribution in [0.4, 0.5) is 5.69 Å². The molecule has 0 saturated carbocycles. The second-order valence-electron chi connectivity index (χ2n) is 6.95. The molecule has 0 bridgehead atoms. The van der Waals surface area contributed by atoms with Crippen LogP contribution >= 0.6 is 0 Å². The second-order valence-corrected chi connectivity index (χ2v) is 8.80. The summed E-state index contributed by atoms with van der Waals surface area (Å²) in [7, 11) is 0.359. The van der Waals surface area contributed by atoms with E-state index in [-0.39, 0.29) is 22.1 Å². The number of carbonyl (C=O) groups is 2. The lowest BCUT2D eigenvalue weighted by atomic mass is 10.1. The highest BCUT2D eigenvalue weighted by Gasteiger charge is 2.35. The van der Waals surface area contributed by atoms with Crippen molar-refractivity contribution in [3.8, 4) is 11.5 Å². The van der Waals surface area contributed by atoms with Gasteiger partial charge in [-0.2, -0.15) is 0 Å². The van der Waals surface area contributed by atoms with Crippen molar-refractivity contribution in [2.45, 2.75) is 23.8 Å². The van der Waals surface area contributed by atoms with Crippen LogP contribution in [-0.2, 0) is 14.8 Å². The maximum atomic E-state index is 13.1. The van der Waals surface area contributed by atoms with Gasteiger partial charge in [0.2, 0.25) is 15.9 Å². The first-order valence-corrected chi connectivity index (χ1v) is 11.2. The summed E-state index contributed by atoms with van der Waals surface area (Å²) in [6, 6.07) is 10.4. The number of anilines is 1. The average molecular weight is 448 g/mol. The zero-order valence-corrected chi connectivity index (χ0v) is 18.4. The molecule has 2 amide bonds. The smallest absolute Gasteiger partial charge is 0.254 e. The van der Waals surface area contributed by atoms with Crippen molar-refractivity contribution >= 4 is 27.5 Å². The molecule has 10 heteroatoms. The number of methoxy groups -OCH3 is 2. The topological polar surface area (TPSA) is 114 Å². The number of ether oxygens (including phenoxy) is 2. The molecule has 2 aromatic carbocycles. The summed E-state index contributed by atoms with van der Waals surface area (Å²) in [6.45, 7) is 0.402. The van der Waals surface area contributed by atoms with Gasteiger partial charge in [-0.3, -0.25) is 9.59 Å². The van der Waals surface area contributed by atoms with E-state index in [1.807, 2.05) is 0 Å². The lowest BCUT2D eigenvalue weighted by Crippen LogP contribution is -2.43. The monoisotopic (exact) mass is 447 g/mol. The summed E-state index contributed by atoms with van der Waals surface area (Å²) in [5.74, 6) is 0.0822. The van der Waals surface area contributed by atoms with Crippen molar-refractivity contribution in [1.29, 1.82) is 0 Å². The number of likely N-dealkylation sites (tertiary alicyclic amines) is 1. The zero-order chi connectivity index (χ0) is 22.6. The Balaban J connectivity index is 1.82. The molecule has 9 nitrogen and oxygen atoms in total. The van der Waals surface area contributed by atoms with Crippen LogP contribution in [0.15, 0.2) is 47.4 Å². The Kier molecular flexibility index (Phi) is 6.81. The van der Waals surface area contributed by atoms with Gasteiger partial charge in [-0.1, -0.05) is 0 Å². The van der Waals surface area contributed by atoms with Crippen LogP contribution in [0, 0.1) is 0 Å². The lowest BCUT2D eigenvalue weighted by Gasteiger charge is -2.24. The molecule has 2 aromatic rings.